The van der Waals surface area contributed by atoms with Crippen LogP contribution in [0.15, 0.2) is 36.5 Å². The topological polar surface area (TPSA) is 54.5 Å². The van der Waals surface area contributed by atoms with E-state index in [4.69, 9.17) is 0 Å². The third-order valence-electron chi connectivity index (χ3n) is 5.56. The Morgan fingerprint density at radius 2 is 2.03 bits per heavy atom. The van der Waals surface area contributed by atoms with Gasteiger partial charge in [0.2, 0.25) is 5.91 Å². The van der Waals surface area contributed by atoms with Gasteiger partial charge >= 0.3 is 6.36 Å². The van der Waals surface area contributed by atoms with Gasteiger partial charge in [0.1, 0.15) is 17.1 Å². The number of ether oxygens (including phenoxy) is 1. The van der Waals surface area contributed by atoms with Crippen molar-refractivity contribution in [1.29, 1.82) is 0 Å². The first-order valence-corrected chi connectivity index (χ1v) is 9.22. The van der Waals surface area contributed by atoms with Crippen molar-refractivity contribution in [3.05, 3.63) is 48.0 Å². The smallest absolute Gasteiger partial charge is 0.406 e. The summed E-state index contributed by atoms with van der Waals surface area (Å²) in [6.45, 7) is 0.684. The standard InChI is InChI=1S/C20H19F4N3O2/c1-27-9-7-19(18(27)28)6-4-16(26-19)17-10-12(5-8-25-17)14-11-13(2-3-15(14)21)29-20(22,23)24/h2-3,5,8,10-11,16,26H,4,6-7,9H2,1H3. The number of pyridine rings is 1. The van der Waals surface area contributed by atoms with E-state index in [1.165, 1.54) is 12.3 Å². The lowest BCUT2D eigenvalue weighted by atomic mass is 9.96. The van der Waals surface area contributed by atoms with Crippen LogP contribution in [0.2, 0.25) is 0 Å². The summed E-state index contributed by atoms with van der Waals surface area (Å²) < 4.78 is 55.7. The molecular formula is C20H19F4N3O2. The number of rotatable bonds is 3. The first-order chi connectivity index (χ1) is 13.7. The van der Waals surface area contributed by atoms with Crippen molar-refractivity contribution in [2.24, 2.45) is 0 Å². The number of aromatic nitrogens is 1. The second-order valence-electron chi connectivity index (χ2n) is 7.45. The van der Waals surface area contributed by atoms with Gasteiger partial charge in [-0.1, -0.05) is 0 Å². The van der Waals surface area contributed by atoms with E-state index in [1.807, 2.05) is 0 Å². The molecule has 2 fully saturated rings. The van der Waals surface area contributed by atoms with Crippen LogP contribution in [0.5, 0.6) is 5.75 Å². The van der Waals surface area contributed by atoms with Crippen LogP contribution < -0.4 is 10.1 Å². The van der Waals surface area contributed by atoms with E-state index in [2.05, 4.69) is 15.0 Å². The fraction of sp³-hybridized carbons (Fsp3) is 0.400. The second-order valence-corrected chi connectivity index (χ2v) is 7.45. The number of amides is 1. The van der Waals surface area contributed by atoms with E-state index < -0.39 is 23.5 Å². The van der Waals surface area contributed by atoms with Crippen LogP contribution in [0, 0.1) is 5.82 Å². The Kier molecular flexibility index (Phi) is 4.72. The van der Waals surface area contributed by atoms with E-state index in [0.29, 0.717) is 37.1 Å². The molecule has 0 bridgehead atoms. The van der Waals surface area contributed by atoms with Crippen LogP contribution in [0.4, 0.5) is 17.6 Å². The van der Waals surface area contributed by atoms with Crippen molar-refractivity contribution in [2.75, 3.05) is 13.6 Å². The molecule has 29 heavy (non-hydrogen) atoms. The SMILES string of the molecule is CN1CCC2(CCC(c3cc(-c4cc(OC(F)(F)F)ccc4F)ccn3)N2)C1=O. The second kappa shape index (κ2) is 6.98. The lowest BCUT2D eigenvalue weighted by Gasteiger charge is -2.23. The number of likely N-dealkylation sites (tertiary alicyclic amines) is 1. The Hall–Kier alpha value is -2.68. The molecule has 0 radical (unpaired) electrons. The van der Waals surface area contributed by atoms with Gasteiger partial charge < -0.3 is 9.64 Å². The Balaban J connectivity index is 1.60. The third kappa shape index (κ3) is 3.78. The zero-order chi connectivity index (χ0) is 20.8. The maximum absolute atomic E-state index is 14.3. The lowest BCUT2D eigenvalue weighted by Crippen LogP contribution is -2.47. The van der Waals surface area contributed by atoms with Crippen LogP contribution in [0.3, 0.4) is 0 Å². The zero-order valence-corrected chi connectivity index (χ0v) is 15.6. The largest absolute Gasteiger partial charge is 0.573 e. The monoisotopic (exact) mass is 409 g/mol. The number of alkyl halides is 3. The lowest BCUT2D eigenvalue weighted by molar-refractivity contribution is -0.274. The predicted molar refractivity (Wildman–Crippen MR) is 96.4 cm³/mol. The molecule has 1 aromatic heterocycles. The number of hydrogen-bond acceptors (Lipinski definition) is 4. The highest BCUT2D eigenvalue weighted by atomic mass is 19.4. The quantitative estimate of drug-likeness (QED) is 0.784. The molecule has 9 heteroatoms. The first kappa shape index (κ1) is 19.6. The number of benzene rings is 1. The highest BCUT2D eigenvalue weighted by Gasteiger charge is 2.50. The minimum atomic E-state index is -4.86. The highest BCUT2D eigenvalue weighted by molar-refractivity contribution is 5.88. The third-order valence-corrected chi connectivity index (χ3v) is 5.56. The van der Waals surface area contributed by atoms with Crippen molar-refractivity contribution in [1.82, 2.24) is 15.2 Å². The van der Waals surface area contributed by atoms with Gasteiger partial charge in [-0.05, 0) is 55.2 Å². The van der Waals surface area contributed by atoms with Crippen molar-refractivity contribution >= 4 is 5.91 Å². The van der Waals surface area contributed by atoms with E-state index in [1.54, 1.807) is 18.0 Å². The average molecular weight is 409 g/mol. The summed E-state index contributed by atoms with van der Waals surface area (Å²) in [6, 6.07) is 5.85. The molecule has 1 N–H and O–H groups in total. The van der Waals surface area contributed by atoms with Gasteiger partial charge in [0.15, 0.2) is 0 Å². The highest BCUT2D eigenvalue weighted by Crippen LogP contribution is 2.39. The summed E-state index contributed by atoms with van der Waals surface area (Å²) in [6.07, 6.45) is -1.30. The maximum atomic E-state index is 14.3. The summed E-state index contributed by atoms with van der Waals surface area (Å²) in [7, 11) is 1.77. The van der Waals surface area contributed by atoms with Gasteiger partial charge in [0.05, 0.1) is 11.7 Å². The summed E-state index contributed by atoms with van der Waals surface area (Å²) in [5, 5.41) is 3.38. The van der Waals surface area contributed by atoms with Crippen molar-refractivity contribution in [3.63, 3.8) is 0 Å². The molecule has 1 aromatic carbocycles. The number of carbonyl (C=O) groups is 1. The minimum Gasteiger partial charge on any atom is -0.406 e. The van der Waals surface area contributed by atoms with Gasteiger partial charge in [0, 0.05) is 25.4 Å². The number of nitrogens with one attached hydrogen (secondary N) is 1. The Morgan fingerprint density at radius 1 is 1.24 bits per heavy atom. The molecule has 1 amide bonds. The molecular weight excluding hydrogens is 390 g/mol. The normalized spacial score (nSPS) is 24.5. The molecule has 4 rings (SSSR count). The summed E-state index contributed by atoms with van der Waals surface area (Å²) in [5.41, 5.74) is 0.392. The summed E-state index contributed by atoms with van der Waals surface area (Å²) in [4.78, 5) is 18.5. The number of hydrogen-bond donors (Lipinski definition) is 1. The summed E-state index contributed by atoms with van der Waals surface area (Å²) in [5.74, 6) is -1.11. The fourth-order valence-corrected chi connectivity index (χ4v) is 4.12. The molecule has 154 valence electrons. The minimum absolute atomic E-state index is 0.0141. The van der Waals surface area contributed by atoms with Gasteiger partial charge in [-0.15, -0.1) is 13.2 Å². The maximum Gasteiger partial charge on any atom is 0.573 e. The molecule has 2 aromatic rings. The Morgan fingerprint density at radius 3 is 2.72 bits per heavy atom. The zero-order valence-electron chi connectivity index (χ0n) is 15.6. The number of likely N-dealkylation sites (N-methyl/N-ethyl adjacent to an activating group) is 1. The van der Waals surface area contributed by atoms with Crippen LogP contribution >= 0.6 is 0 Å². The molecule has 2 aliphatic rings. The van der Waals surface area contributed by atoms with Gasteiger partial charge in [-0.3, -0.25) is 15.1 Å². The molecule has 5 nitrogen and oxygen atoms in total. The van der Waals surface area contributed by atoms with Crippen LogP contribution in [-0.4, -0.2) is 41.3 Å². The van der Waals surface area contributed by atoms with Gasteiger partial charge in [0.25, 0.3) is 0 Å². The van der Waals surface area contributed by atoms with Crippen LogP contribution in [0.25, 0.3) is 11.1 Å². The van der Waals surface area contributed by atoms with E-state index >= 15 is 0 Å². The van der Waals surface area contributed by atoms with E-state index in [0.717, 1.165) is 18.2 Å². The Labute approximate surface area is 164 Å². The average Bonchev–Trinajstić information content (AvgIpc) is 3.22. The van der Waals surface area contributed by atoms with Gasteiger partial charge in [-0.2, -0.15) is 0 Å². The van der Waals surface area contributed by atoms with Crippen LogP contribution in [0.1, 0.15) is 31.0 Å². The molecule has 2 aliphatic heterocycles. The molecule has 2 unspecified atom stereocenters. The fourth-order valence-electron chi connectivity index (χ4n) is 4.12. The van der Waals surface area contributed by atoms with Crippen molar-refractivity contribution in [2.45, 2.75) is 37.2 Å². The molecule has 2 atom stereocenters. The van der Waals surface area contributed by atoms with Crippen molar-refractivity contribution < 1.29 is 27.1 Å². The van der Waals surface area contributed by atoms with E-state index in [-0.39, 0.29) is 17.5 Å². The molecule has 0 aliphatic carbocycles. The van der Waals surface area contributed by atoms with E-state index in [9.17, 15) is 22.4 Å². The Bertz CT molecular complexity index is 950. The summed E-state index contributed by atoms with van der Waals surface area (Å²) >= 11 is 0. The molecule has 1 spiro atoms. The number of nitrogens with zero attached hydrogens (tertiary/aromatic N) is 2. The molecule has 3 heterocycles. The van der Waals surface area contributed by atoms with Crippen LogP contribution in [-0.2, 0) is 4.79 Å². The number of halogens is 4. The first-order valence-electron chi connectivity index (χ1n) is 9.22. The molecule has 2 saturated heterocycles. The predicted octanol–water partition coefficient (Wildman–Crippen LogP) is 3.81. The number of carbonyl (C=O) groups excluding carboxylic acids is 1. The van der Waals surface area contributed by atoms with Crippen molar-refractivity contribution in [3.8, 4) is 16.9 Å². The van der Waals surface area contributed by atoms with Gasteiger partial charge in [-0.25, -0.2) is 4.39 Å². The molecule has 0 saturated carbocycles.